The van der Waals surface area contributed by atoms with Crippen LogP contribution < -0.4 is 5.73 Å². The molecule has 5 heteroatoms. The smallest absolute Gasteiger partial charge is 0.151 e. The van der Waals surface area contributed by atoms with Crippen molar-refractivity contribution in [2.24, 2.45) is 0 Å². The first kappa shape index (κ1) is 12.3. The van der Waals surface area contributed by atoms with E-state index in [9.17, 15) is 4.79 Å². The Bertz CT molecular complexity index is 586. The number of aldehydes is 1. The summed E-state index contributed by atoms with van der Waals surface area (Å²) in [5.74, 6) is 0.474. The highest BCUT2D eigenvalue weighted by molar-refractivity contribution is 5.72. The van der Waals surface area contributed by atoms with Crippen LogP contribution in [-0.4, -0.2) is 20.9 Å². The van der Waals surface area contributed by atoms with Crippen molar-refractivity contribution in [3.63, 3.8) is 0 Å². The third kappa shape index (κ3) is 2.25. The first-order valence-electron chi connectivity index (χ1n) is 5.92. The molecule has 0 aliphatic rings. The van der Waals surface area contributed by atoms with E-state index < -0.39 is 0 Å². The van der Waals surface area contributed by atoms with E-state index in [2.05, 4.69) is 16.2 Å². The van der Waals surface area contributed by atoms with Crippen LogP contribution in [0.1, 0.15) is 24.5 Å². The van der Waals surface area contributed by atoms with E-state index in [0.717, 1.165) is 29.4 Å². The molecular weight excluding hydrogens is 228 g/mol. The molecule has 2 heterocycles. The first-order valence-corrected chi connectivity index (χ1v) is 5.92. The molecule has 18 heavy (non-hydrogen) atoms. The van der Waals surface area contributed by atoms with E-state index in [0.29, 0.717) is 18.7 Å². The van der Waals surface area contributed by atoms with Gasteiger partial charge in [0, 0.05) is 12.6 Å². The normalized spacial score (nSPS) is 11.4. The predicted molar refractivity (Wildman–Crippen MR) is 70.3 cm³/mol. The molecule has 0 aromatic carbocycles. The fourth-order valence-corrected chi connectivity index (χ4v) is 2.04. The van der Waals surface area contributed by atoms with E-state index in [1.165, 1.54) is 6.33 Å². The predicted octanol–water partition coefficient (Wildman–Crippen LogP) is 1.56. The summed E-state index contributed by atoms with van der Waals surface area (Å²) in [6.45, 7) is 1.98. The SMILES string of the molecule is C/C=C\Cc1c(CCC=O)cn2ncnc(N)c12. The number of aromatic nitrogens is 3. The molecule has 2 rings (SSSR count). The van der Waals surface area contributed by atoms with Gasteiger partial charge >= 0.3 is 0 Å². The van der Waals surface area contributed by atoms with Gasteiger partial charge in [0.15, 0.2) is 5.82 Å². The minimum Gasteiger partial charge on any atom is -0.382 e. The lowest BCUT2D eigenvalue weighted by molar-refractivity contribution is -0.107. The Kier molecular flexibility index (Phi) is 3.72. The average Bonchev–Trinajstić information content (AvgIpc) is 2.73. The summed E-state index contributed by atoms with van der Waals surface area (Å²) in [4.78, 5) is 14.5. The second-order valence-corrected chi connectivity index (χ2v) is 4.05. The van der Waals surface area contributed by atoms with Gasteiger partial charge in [-0.2, -0.15) is 5.10 Å². The zero-order valence-electron chi connectivity index (χ0n) is 10.3. The third-order valence-electron chi connectivity index (χ3n) is 2.89. The molecule has 0 amide bonds. The number of aryl methyl sites for hydroxylation is 1. The summed E-state index contributed by atoms with van der Waals surface area (Å²) in [5.41, 5.74) is 8.96. The maximum atomic E-state index is 10.5. The first-order chi connectivity index (χ1) is 8.77. The molecule has 2 N–H and O–H groups in total. The van der Waals surface area contributed by atoms with Gasteiger partial charge in [-0.15, -0.1) is 0 Å². The highest BCUT2D eigenvalue weighted by Gasteiger charge is 2.13. The molecule has 0 unspecified atom stereocenters. The summed E-state index contributed by atoms with van der Waals surface area (Å²) in [6.07, 6.45) is 10.3. The number of nitrogens with zero attached hydrogens (tertiary/aromatic N) is 3. The largest absolute Gasteiger partial charge is 0.382 e. The van der Waals surface area contributed by atoms with E-state index in [-0.39, 0.29) is 0 Å². The molecule has 0 saturated carbocycles. The number of hydrogen-bond donors (Lipinski definition) is 1. The molecule has 0 atom stereocenters. The number of carbonyl (C=O) groups excluding carboxylic acids is 1. The van der Waals surface area contributed by atoms with Gasteiger partial charge in [-0.1, -0.05) is 12.2 Å². The van der Waals surface area contributed by atoms with Gasteiger partial charge < -0.3 is 10.5 Å². The highest BCUT2D eigenvalue weighted by atomic mass is 16.1. The van der Waals surface area contributed by atoms with E-state index in [4.69, 9.17) is 5.73 Å². The van der Waals surface area contributed by atoms with Gasteiger partial charge in [0.25, 0.3) is 0 Å². The number of nitrogens with two attached hydrogens (primary N) is 1. The number of carbonyl (C=O) groups is 1. The van der Waals surface area contributed by atoms with Crippen molar-refractivity contribution in [1.82, 2.24) is 14.6 Å². The second kappa shape index (κ2) is 5.44. The number of fused-ring (bicyclic) bond motifs is 1. The molecule has 0 aliphatic heterocycles. The minimum atomic E-state index is 0.474. The fourth-order valence-electron chi connectivity index (χ4n) is 2.04. The molecule has 0 aliphatic carbocycles. The van der Waals surface area contributed by atoms with Crippen molar-refractivity contribution in [2.45, 2.75) is 26.2 Å². The summed E-state index contributed by atoms with van der Waals surface area (Å²) < 4.78 is 1.74. The van der Waals surface area contributed by atoms with Crippen LogP contribution in [0.25, 0.3) is 5.52 Å². The quantitative estimate of drug-likeness (QED) is 0.640. The molecule has 0 fully saturated rings. The monoisotopic (exact) mass is 244 g/mol. The number of hydrogen-bond acceptors (Lipinski definition) is 4. The Morgan fingerprint density at radius 2 is 2.33 bits per heavy atom. The maximum absolute atomic E-state index is 10.5. The zero-order chi connectivity index (χ0) is 13.0. The highest BCUT2D eigenvalue weighted by Crippen LogP contribution is 2.23. The summed E-state index contributed by atoms with van der Waals surface area (Å²) in [6, 6.07) is 0. The third-order valence-corrected chi connectivity index (χ3v) is 2.89. The Balaban J connectivity index is 2.54. The number of rotatable bonds is 5. The van der Waals surface area contributed by atoms with Crippen LogP contribution in [0.15, 0.2) is 24.7 Å². The second-order valence-electron chi connectivity index (χ2n) is 4.05. The van der Waals surface area contributed by atoms with Crippen LogP contribution in [0.3, 0.4) is 0 Å². The lowest BCUT2D eigenvalue weighted by Gasteiger charge is -2.01. The number of allylic oxidation sites excluding steroid dienone is 2. The van der Waals surface area contributed by atoms with Gasteiger partial charge in [-0.3, -0.25) is 0 Å². The molecule has 0 spiro atoms. The van der Waals surface area contributed by atoms with Gasteiger partial charge in [0.05, 0.1) is 0 Å². The Hall–Kier alpha value is -2.17. The standard InChI is InChI=1S/C13H16N4O/c1-2-3-6-11-10(5-4-7-18)8-17-12(11)13(14)15-9-16-17/h2-3,7-9H,4-6H2,1H3,(H2,14,15,16)/b3-2-. The molecule has 2 aromatic heterocycles. The van der Waals surface area contributed by atoms with E-state index in [1.54, 1.807) is 4.52 Å². The summed E-state index contributed by atoms with van der Waals surface area (Å²) in [5, 5.41) is 4.15. The summed E-state index contributed by atoms with van der Waals surface area (Å²) >= 11 is 0. The van der Waals surface area contributed by atoms with Crippen LogP contribution in [0.5, 0.6) is 0 Å². The molecule has 5 nitrogen and oxygen atoms in total. The van der Waals surface area contributed by atoms with Crippen LogP contribution in [0.4, 0.5) is 5.82 Å². The van der Waals surface area contributed by atoms with Crippen LogP contribution in [-0.2, 0) is 17.6 Å². The molecule has 2 aromatic rings. The summed E-state index contributed by atoms with van der Waals surface area (Å²) in [7, 11) is 0. The average molecular weight is 244 g/mol. The number of anilines is 1. The van der Waals surface area contributed by atoms with Crippen molar-refractivity contribution in [3.05, 3.63) is 35.8 Å². The Morgan fingerprint density at radius 3 is 3.06 bits per heavy atom. The van der Waals surface area contributed by atoms with Crippen LogP contribution in [0.2, 0.25) is 0 Å². The Morgan fingerprint density at radius 1 is 1.50 bits per heavy atom. The van der Waals surface area contributed by atoms with Crippen LogP contribution in [0, 0.1) is 0 Å². The van der Waals surface area contributed by atoms with Gasteiger partial charge in [-0.05, 0) is 30.9 Å². The lowest BCUT2D eigenvalue weighted by Crippen LogP contribution is -1.99. The van der Waals surface area contributed by atoms with Crippen molar-refractivity contribution in [2.75, 3.05) is 5.73 Å². The topological polar surface area (TPSA) is 73.3 Å². The van der Waals surface area contributed by atoms with Crippen molar-refractivity contribution in [1.29, 1.82) is 0 Å². The zero-order valence-corrected chi connectivity index (χ0v) is 10.3. The Labute approximate surface area is 105 Å². The molecule has 94 valence electrons. The maximum Gasteiger partial charge on any atom is 0.151 e. The van der Waals surface area contributed by atoms with E-state index >= 15 is 0 Å². The minimum absolute atomic E-state index is 0.474. The van der Waals surface area contributed by atoms with Crippen LogP contribution >= 0.6 is 0 Å². The van der Waals surface area contributed by atoms with Crippen molar-refractivity contribution < 1.29 is 4.79 Å². The van der Waals surface area contributed by atoms with Gasteiger partial charge in [-0.25, -0.2) is 9.50 Å². The van der Waals surface area contributed by atoms with Crippen molar-refractivity contribution in [3.8, 4) is 0 Å². The van der Waals surface area contributed by atoms with E-state index in [1.807, 2.05) is 19.2 Å². The lowest BCUT2D eigenvalue weighted by atomic mass is 10.0. The van der Waals surface area contributed by atoms with Gasteiger partial charge in [0.2, 0.25) is 0 Å². The molecule has 0 radical (unpaired) electrons. The molecule has 0 saturated heterocycles. The number of nitrogen functional groups attached to an aromatic ring is 1. The van der Waals surface area contributed by atoms with Gasteiger partial charge in [0.1, 0.15) is 18.1 Å². The molecule has 0 bridgehead atoms. The molecular formula is C13H16N4O. The van der Waals surface area contributed by atoms with Crippen molar-refractivity contribution >= 4 is 17.6 Å². The fraction of sp³-hybridized carbons (Fsp3) is 0.308.